The maximum atomic E-state index is 5.57. The van der Waals surface area contributed by atoms with Crippen molar-refractivity contribution in [3.05, 3.63) is 42.4 Å². The van der Waals surface area contributed by atoms with Crippen molar-refractivity contribution in [2.45, 2.75) is 37.6 Å². The second kappa shape index (κ2) is 6.74. The summed E-state index contributed by atoms with van der Waals surface area (Å²) in [5.41, 5.74) is 3.27. The molecule has 7 nitrogen and oxygen atoms in total. The van der Waals surface area contributed by atoms with Gasteiger partial charge < -0.3 is 9.64 Å². The molecule has 4 heterocycles. The lowest BCUT2D eigenvalue weighted by Gasteiger charge is -2.38. The second-order valence-corrected chi connectivity index (χ2v) is 9.77. The van der Waals surface area contributed by atoms with Gasteiger partial charge in [-0.25, -0.2) is 14.6 Å². The van der Waals surface area contributed by atoms with Crippen molar-refractivity contribution in [1.82, 2.24) is 24.6 Å². The number of benzene rings is 1. The minimum absolute atomic E-state index is 0.592. The zero-order chi connectivity index (χ0) is 20.4. The van der Waals surface area contributed by atoms with E-state index in [1.807, 2.05) is 10.9 Å². The van der Waals surface area contributed by atoms with Crippen molar-refractivity contribution < 1.29 is 4.74 Å². The Morgan fingerprint density at radius 2 is 1.87 bits per heavy atom. The Bertz CT molecular complexity index is 1120. The molecule has 1 spiro atoms. The Morgan fingerprint density at radius 3 is 2.65 bits per heavy atom. The number of piperazine rings is 1. The molecule has 2 atom stereocenters. The predicted molar refractivity (Wildman–Crippen MR) is 119 cm³/mol. The van der Waals surface area contributed by atoms with Crippen molar-refractivity contribution in [2.24, 2.45) is 5.41 Å². The van der Waals surface area contributed by atoms with Crippen LogP contribution >= 0.6 is 0 Å². The van der Waals surface area contributed by atoms with E-state index in [1.165, 1.54) is 30.2 Å². The van der Waals surface area contributed by atoms with Gasteiger partial charge in [-0.05, 0) is 48.6 Å². The van der Waals surface area contributed by atoms with Gasteiger partial charge in [-0.2, -0.15) is 5.10 Å². The molecule has 2 aromatic heterocycles. The first-order valence-corrected chi connectivity index (χ1v) is 11.7. The summed E-state index contributed by atoms with van der Waals surface area (Å²) in [4.78, 5) is 14.1. The molecule has 2 saturated carbocycles. The van der Waals surface area contributed by atoms with Crippen LogP contribution in [-0.4, -0.2) is 70.1 Å². The molecule has 4 aliphatic rings. The quantitative estimate of drug-likeness (QED) is 0.652. The van der Waals surface area contributed by atoms with Crippen molar-refractivity contribution in [2.75, 3.05) is 44.3 Å². The van der Waals surface area contributed by atoms with Crippen molar-refractivity contribution in [3.8, 4) is 5.82 Å². The lowest BCUT2D eigenvalue weighted by molar-refractivity contribution is 0.139. The van der Waals surface area contributed by atoms with Gasteiger partial charge in [0.15, 0.2) is 5.82 Å². The van der Waals surface area contributed by atoms with Crippen LogP contribution < -0.4 is 4.90 Å². The maximum Gasteiger partial charge on any atom is 0.159 e. The normalized spacial score (nSPS) is 27.3. The van der Waals surface area contributed by atoms with Gasteiger partial charge in [-0.3, -0.25) is 4.90 Å². The zero-order valence-electron chi connectivity index (χ0n) is 17.8. The van der Waals surface area contributed by atoms with E-state index in [1.54, 1.807) is 6.33 Å². The summed E-state index contributed by atoms with van der Waals surface area (Å²) in [5, 5.41) is 5.84. The molecule has 160 valence electrons. The van der Waals surface area contributed by atoms with E-state index in [-0.39, 0.29) is 0 Å². The lowest BCUT2D eigenvalue weighted by Crippen LogP contribution is -2.50. The molecular weight excluding hydrogens is 388 g/mol. The van der Waals surface area contributed by atoms with Crippen LogP contribution in [0.5, 0.6) is 0 Å². The molecule has 7 rings (SSSR count). The third kappa shape index (κ3) is 3.05. The standard InChI is InChI=1S/C24H28N6O/c1-2-18-14-27-30(21(18)11-17(1)20-13-24(20)4-5-24)23-12-22(25-16-26-23)29-8-6-28(7-9-29)19-3-10-31-15-19/h1-2,11-12,14,16,19-20H,3-10,13,15H2/t19-,20+/m1/s1. The summed E-state index contributed by atoms with van der Waals surface area (Å²) in [6, 6.07) is 9.54. The fourth-order valence-electron chi connectivity index (χ4n) is 5.72. The Hall–Kier alpha value is -2.51. The molecule has 31 heavy (non-hydrogen) atoms. The molecule has 0 unspecified atom stereocenters. The molecule has 3 aromatic rings. The van der Waals surface area contributed by atoms with Crippen molar-refractivity contribution in [1.29, 1.82) is 0 Å². The third-order valence-electron chi connectivity index (χ3n) is 7.99. The van der Waals surface area contributed by atoms with Crippen LogP contribution in [0.1, 0.15) is 37.2 Å². The number of ether oxygens (including phenoxy) is 1. The Labute approximate surface area is 182 Å². The molecule has 0 amide bonds. The van der Waals surface area contributed by atoms with Crippen LogP contribution in [0.3, 0.4) is 0 Å². The van der Waals surface area contributed by atoms with Gasteiger partial charge in [-0.1, -0.05) is 12.1 Å². The molecule has 0 bridgehead atoms. The van der Waals surface area contributed by atoms with Crippen LogP contribution in [0, 0.1) is 5.41 Å². The fraction of sp³-hybridized carbons (Fsp3) is 0.542. The predicted octanol–water partition coefficient (Wildman–Crippen LogP) is 2.99. The minimum Gasteiger partial charge on any atom is -0.380 e. The van der Waals surface area contributed by atoms with E-state index in [9.17, 15) is 0 Å². The summed E-state index contributed by atoms with van der Waals surface area (Å²) >= 11 is 0. The Balaban J connectivity index is 1.14. The van der Waals surface area contributed by atoms with E-state index >= 15 is 0 Å². The molecule has 7 heteroatoms. The summed E-state index contributed by atoms with van der Waals surface area (Å²) in [6.45, 7) is 5.88. The van der Waals surface area contributed by atoms with E-state index in [2.05, 4.69) is 49.1 Å². The number of aromatic nitrogens is 4. The minimum atomic E-state index is 0.592. The fourth-order valence-corrected chi connectivity index (χ4v) is 5.72. The number of nitrogens with zero attached hydrogens (tertiary/aromatic N) is 6. The molecule has 2 saturated heterocycles. The first kappa shape index (κ1) is 18.1. The lowest BCUT2D eigenvalue weighted by atomic mass is 10.1. The monoisotopic (exact) mass is 416 g/mol. The summed E-state index contributed by atoms with van der Waals surface area (Å²) in [6.07, 6.45) is 8.97. The number of fused-ring (bicyclic) bond motifs is 1. The average Bonchev–Trinajstić information content (AvgIpc) is 3.59. The van der Waals surface area contributed by atoms with Crippen molar-refractivity contribution in [3.63, 3.8) is 0 Å². The van der Waals surface area contributed by atoms with Crippen LogP contribution in [0.2, 0.25) is 0 Å². The topological polar surface area (TPSA) is 59.3 Å². The number of rotatable bonds is 4. The highest BCUT2D eigenvalue weighted by atomic mass is 16.5. The Morgan fingerprint density at radius 1 is 1.00 bits per heavy atom. The Kier molecular flexibility index (Phi) is 3.94. The van der Waals surface area contributed by atoms with Crippen LogP contribution in [-0.2, 0) is 4.74 Å². The molecule has 2 aliphatic carbocycles. The molecule has 2 aliphatic heterocycles. The zero-order valence-corrected chi connectivity index (χ0v) is 17.8. The van der Waals surface area contributed by atoms with Gasteiger partial charge in [0.1, 0.15) is 12.1 Å². The van der Waals surface area contributed by atoms with Gasteiger partial charge >= 0.3 is 0 Å². The molecule has 0 N–H and O–H groups in total. The van der Waals surface area contributed by atoms with Crippen LogP contribution in [0.15, 0.2) is 36.8 Å². The average molecular weight is 417 g/mol. The number of hydrogen-bond acceptors (Lipinski definition) is 6. The molecule has 0 radical (unpaired) electrons. The van der Waals surface area contributed by atoms with Gasteiger partial charge in [0.05, 0.1) is 18.3 Å². The van der Waals surface area contributed by atoms with E-state index in [4.69, 9.17) is 4.74 Å². The smallest absolute Gasteiger partial charge is 0.159 e. The highest BCUT2D eigenvalue weighted by molar-refractivity contribution is 5.81. The van der Waals surface area contributed by atoms with E-state index in [0.29, 0.717) is 11.5 Å². The van der Waals surface area contributed by atoms with Gasteiger partial charge in [0.2, 0.25) is 0 Å². The highest BCUT2D eigenvalue weighted by Crippen LogP contribution is 2.75. The summed E-state index contributed by atoms with van der Waals surface area (Å²) in [7, 11) is 0. The second-order valence-electron chi connectivity index (χ2n) is 9.77. The van der Waals surface area contributed by atoms with Crippen molar-refractivity contribution >= 4 is 16.7 Å². The first-order valence-electron chi connectivity index (χ1n) is 11.7. The largest absolute Gasteiger partial charge is 0.380 e. The van der Waals surface area contributed by atoms with Gasteiger partial charge in [0.25, 0.3) is 0 Å². The molecule has 1 aromatic carbocycles. The summed E-state index contributed by atoms with van der Waals surface area (Å²) in [5.74, 6) is 2.59. The van der Waals surface area contributed by atoms with Gasteiger partial charge in [0, 0.05) is 50.3 Å². The number of anilines is 1. The molecular formula is C24H28N6O. The highest BCUT2D eigenvalue weighted by Gasteiger charge is 2.62. The third-order valence-corrected chi connectivity index (χ3v) is 7.99. The summed E-state index contributed by atoms with van der Waals surface area (Å²) < 4.78 is 7.55. The van der Waals surface area contributed by atoms with Crippen LogP contribution in [0.25, 0.3) is 16.7 Å². The molecule has 4 fully saturated rings. The van der Waals surface area contributed by atoms with Crippen LogP contribution in [0.4, 0.5) is 5.82 Å². The maximum absolute atomic E-state index is 5.57. The first-order chi connectivity index (χ1) is 15.3. The SMILES string of the molecule is c1nc(N2CCN([C@@H]3CCOC3)CC2)cc(-n2ncc3ccc([C@@H]4CC45CC5)cc32)n1. The number of hydrogen-bond donors (Lipinski definition) is 0. The van der Waals surface area contributed by atoms with Gasteiger partial charge in [-0.15, -0.1) is 0 Å². The van der Waals surface area contributed by atoms with E-state index < -0.39 is 0 Å². The van der Waals surface area contributed by atoms with E-state index in [0.717, 1.165) is 68.9 Å².